The molecule has 0 amide bonds. The second kappa shape index (κ2) is 20.7. The quantitative estimate of drug-likeness (QED) is 0.209. The highest BCUT2D eigenvalue weighted by atomic mass is 79.9. The summed E-state index contributed by atoms with van der Waals surface area (Å²) >= 11 is 0. The fourth-order valence-corrected chi connectivity index (χ4v) is 4.38. The van der Waals surface area contributed by atoms with Crippen LogP contribution in [0.1, 0.15) is 124 Å². The number of quaternary nitrogens is 1. The molecule has 2 heteroatoms. The summed E-state index contributed by atoms with van der Waals surface area (Å²) in [7, 11) is 0. The van der Waals surface area contributed by atoms with E-state index in [2.05, 4.69) is 27.7 Å². The number of rotatable bonds is 19. The van der Waals surface area contributed by atoms with E-state index >= 15 is 0 Å². The summed E-state index contributed by atoms with van der Waals surface area (Å²) in [5.74, 6) is 0. The van der Waals surface area contributed by atoms with E-state index in [0.29, 0.717) is 0 Å². The van der Waals surface area contributed by atoms with Gasteiger partial charge in [0.2, 0.25) is 0 Å². The van der Waals surface area contributed by atoms with Gasteiger partial charge in [-0.1, -0.05) is 91.9 Å². The van der Waals surface area contributed by atoms with Gasteiger partial charge < -0.3 is 21.5 Å². The second-order valence-electron chi connectivity index (χ2n) is 8.13. The molecule has 0 aromatic heterocycles. The molecule has 25 heavy (non-hydrogen) atoms. The summed E-state index contributed by atoms with van der Waals surface area (Å²) < 4.78 is 1.40. The van der Waals surface area contributed by atoms with Crippen LogP contribution in [0.4, 0.5) is 0 Å². The molecule has 0 aromatic rings. The Morgan fingerprint density at radius 2 is 0.680 bits per heavy atom. The summed E-state index contributed by atoms with van der Waals surface area (Å²) in [5, 5.41) is 0. The third-order valence-corrected chi connectivity index (χ3v) is 5.58. The Morgan fingerprint density at radius 1 is 0.360 bits per heavy atom. The Labute approximate surface area is 171 Å². The van der Waals surface area contributed by atoms with E-state index in [4.69, 9.17) is 0 Å². The van der Waals surface area contributed by atoms with Crippen molar-refractivity contribution in [3.8, 4) is 0 Å². The van der Waals surface area contributed by atoms with Gasteiger partial charge in [-0.3, -0.25) is 0 Å². The molecule has 0 atom stereocenters. The van der Waals surface area contributed by atoms with Crippen LogP contribution in [0.25, 0.3) is 0 Å². The van der Waals surface area contributed by atoms with E-state index in [1.807, 2.05) is 0 Å². The highest BCUT2D eigenvalue weighted by Gasteiger charge is 2.23. The summed E-state index contributed by atoms with van der Waals surface area (Å²) in [6, 6.07) is 0. The lowest BCUT2D eigenvalue weighted by Gasteiger charge is -2.38. The van der Waals surface area contributed by atoms with Crippen molar-refractivity contribution in [3.63, 3.8) is 0 Å². The zero-order valence-electron chi connectivity index (χ0n) is 18.3. The van der Waals surface area contributed by atoms with Gasteiger partial charge in [0.25, 0.3) is 0 Å². The topological polar surface area (TPSA) is 0 Å². The van der Waals surface area contributed by atoms with E-state index in [9.17, 15) is 0 Å². The average Bonchev–Trinajstić information content (AvgIpc) is 2.56. The predicted octanol–water partition coefficient (Wildman–Crippen LogP) is 4.74. The first-order valence-corrected chi connectivity index (χ1v) is 11.6. The monoisotopic (exact) mass is 419 g/mol. The van der Waals surface area contributed by atoms with Crippen LogP contribution in [0.15, 0.2) is 0 Å². The Balaban J connectivity index is 0. The lowest BCUT2D eigenvalue weighted by Crippen LogP contribution is -3.00. The number of halogens is 1. The molecular weight excluding hydrogens is 370 g/mol. The highest BCUT2D eigenvalue weighted by molar-refractivity contribution is 4.50. The maximum absolute atomic E-state index is 2.36. The predicted molar refractivity (Wildman–Crippen MR) is 112 cm³/mol. The third-order valence-electron chi connectivity index (χ3n) is 5.58. The van der Waals surface area contributed by atoms with Gasteiger partial charge in [-0.25, -0.2) is 0 Å². The van der Waals surface area contributed by atoms with Gasteiger partial charge >= 0.3 is 0 Å². The molecule has 0 heterocycles. The van der Waals surface area contributed by atoms with Crippen LogP contribution in [0, 0.1) is 0 Å². The van der Waals surface area contributed by atoms with E-state index in [1.54, 1.807) is 0 Å². The minimum absolute atomic E-state index is 0. The van der Waals surface area contributed by atoms with Crippen LogP contribution in [-0.2, 0) is 0 Å². The standard InChI is InChI=1S/C23H50N.BrH/c1-5-9-10-11-12-13-14-15-16-17-18-19-23-24(20-6-2,21-7-3)22-8-4;/h5-23H2,1-4H3;1H/q+1;/p-1. The van der Waals surface area contributed by atoms with Crippen molar-refractivity contribution in [1.29, 1.82) is 0 Å². The van der Waals surface area contributed by atoms with Crippen LogP contribution in [0.3, 0.4) is 0 Å². The largest absolute Gasteiger partial charge is 1.00 e. The van der Waals surface area contributed by atoms with Crippen molar-refractivity contribution in [2.45, 2.75) is 124 Å². The maximum Gasteiger partial charge on any atom is 0.0786 e. The summed E-state index contributed by atoms with van der Waals surface area (Å²) in [4.78, 5) is 0. The molecule has 0 saturated heterocycles. The highest BCUT2D eigenvalue weighted by Crippen LogP contribution is 2.16. The van der Waals surface area contributed by atoms with Crippen molar-refractivity contribution in [2.75, 3.05) is 26.2 Å². The molecule has 0 unspecified atom stereocenters. The molecule has 154 valence electrons. The summed E-state index contributed by atoms with van der Waals surface area (Å²) in [6.45, 7) is 15.0. The Hall–Kier alpha value is 0.440. The lowest BCUT2D eigenvalue weighted by molar-refractivity contribution is -0.928. The van der Waals surface area contributed by atoms with Crippen molar-refractivity contribution >= 4 is 0 Å². The molecule has 0 aliphatic heterocycles. The van der Waals surface area contributed by atoms with Gasteiger partial charge in [-0.05, 0) is 32.1 Å². The first-order valence-electron chi connectivity index (χ1n) is 11.6. The van der Waals surface area contributed by atoms with Crippen molar-refractivity contribution in [3.05, 3.63) is 0 Å². The number of hydrogen-bond acceptors (Lipinski definition) is 0. The maximum atomic E-state index is 2.36. The van der Waals surface area contributed by atoms with Crippen LogP contribution < -0.4 is 17.0 Å². The molecule has 0 spiro atoms. The van der Waals surface area contributed by atoms with E-state index in [0.717, 1.165) is 0 Å². The average molecular weight is 421 g/mol. The fraction of sp³-hybridized carbons (Fsp3) is 1.00. The van der Waals surface area contributed by atoms with E-state index < -0.39 is 0 Å². The van der Waals surface area contributed by atoms with Gasteiger partial charge in [-0.2, -0.15) is 0 Å². The molecule has 0 aromatic carbocycles. The normalized spacial score (nSPS) is 11.5. The molecule has 1 nitrogen and oxygen atoms in total. The summed E-state index contributed by atoms with van der Waals surface area (Å²) in [5.41, 5.74) is 0. The molecular formula is C23H50BrN. The van der Waals surface area contributed by atoms with Crippen LogP contribution >= 0.6 is 0 Å². The Kier molecular flexibility index (Phi) is 23.0. The Morgan fingerprint density at radius 3 is 1.00 bits per heavy atom. The van der Waals surface area contributed by atoms with Crippen molar-refractivity contribution in [1.82, 2.24) is 0 Å². The SMILES string of the molecule is CCCCCCCCCCCCCC[N+](CCC)(CCC)CCC.[Br-]. The van der Waals surface area contributed by atoms with Gasteiger partial charge in [0, 0.05) is 0 Å². The van der Waals surface area contributed by atoms with Gasteiger partial charge in [-0.15, -0.1) is 0 Å². The van der Waals surface area contributed by atoms with Gasteiger partial charge in [0.1, 0.15) is 0 Å². The summed E-state index contributed by atoms with van der Waals surface area (Å²) in [6.07, 6.45) is 21.6. The van der Waals surface area contributed by atoms with Gasteiger partial charge in [0.05, 0.1) is 26.2 Å². The molecule has 0 saturated carbocycles. The zero-order chi connectivity index (χ0) is 17.9. The zero-order valence-corrected chi connectivity index (χ0v) is 19.8. The molecule has 0 aliphatic rings. The van der Waals surface area contributed by atoms with E-state index in [1.165, 1.54) is 127 Å². The second-order valence-corrected chi connectivity index (χ2v) is 8.13. The minimum atomic E-state index is 0. The molecule has 0 rings (SSSR count). The van der Waals surface area contributed by atoms with Crippen LogP contribution in [-0.4, -0.2) is 30.7 Å². The third kappa shape index (κ3) is 16.3. The van der Waals surface area contributed by atoms with Crippen molar-refractivity contribution < 1.29 is 21.5 Å². The molecule has 0 aliphatic carbocycles. The van der Waals surface area contributed by atoms with Gasteiger partial charge in [0.15, 0.2) is 0 Å². The number of unbranched alkanes of at least 4 members (excludes halogenated alkanes) is 11. The fourth-order valence-electron chi connectivity index (χ4n) is 4.38. The molecule has 0 fully saturated rings. The molecule has 0 radical (unpaired) electrons. The van der Waals surface area contributed by atoms with Crippen LogP contribution in [0.2, 0.25) is 0 Å². The minimum Gasteiger partial charge on any atom is -1.00 e. The number of nitrogens with zero attached hydrogens (tertiary/aromatic N) is 1. The van der Waals surface area contributed by atoms with E-state index in [-0.39, 0.29) is 17.0 Å². The first kappa shape index (κ1) is 27.7. The van der Waals surface area contributed by atoms with Crippen molar-refractivity contribution in [2.24, 2.45) is 0 Å². The first-order chi connectivity index (χ1) is 11.7. The lowest BCUT2D eigenvalue weighted by atomic mass is 10.0. The van der Waals surface area contributed by atoms with Crippen LogP contribution in [0.5, 0.6) is 0 Å². The smallest absolute Gasteiger partial charge is 0.0786 e. The molecule has 0 N–H and O–H groups in total. The molecule has 0 bridgehead atoms. The Bertz CT molecular complexity index is 225. The number of hydrogen-bond donors (Lipinski definition) is 0.